The molecule has 20 heavy (non-hydrogen) atoms. The summed E-state index contributed by atoms with van der Waals surface area (Å²) in [5, 5.41) is 18.1. The van der Waals surface area contributed by atoms with Crippen molar-refractivity contribution in [1.82, 2.24) is 20.1 Å². The van der Waals surface area contributed by atoms with Crippen LogP contribution in [0.4, 0.5) is 5.69 Å². The molecule has 7 nitrogen and oxygen atoms in total. The highest BCUT2D eigenvalue weighted by atomic mass is 16.6. The molecule has 0 aliphatic heterocycles. The summed E-state index contributed by atoms with van der Waals surface area (Å²) in [6, 6.07) is 6.85. The quantitative estimate of drug-likeness (QED) is 0.644. The minimum atomic E-state index is -0.390. The normalized spacial score (nSPS) is 10.9. The molecule has 0 saturated heterocycles. The molecule has 106 valence electrons. The summed E-state index contributed by atoms with van der Waals surface area (Å²) >= 11 is 0. The van der Waals surface area contributed by atoms with Crippen molar-refractivity contribution in [3.8, 4) is 0 Å². The Morgan fingerprint density at radius 2 is 2.20 bits per heavy atom. The van der Waals surface area contributed by atoms with Crippen molar-refractivity contribution in [2.45, 2.75) is 33.0 Å². The number of nitro benzene ring substituents is 1. The molecular formula is C13H17N5O2. The molecule has 7 heteroatoms. The molecule has 1 N–H and O–H groups in total. The van der Waals surface area contributed by atoms with E-state index in [0.717, 1.165) is 11.4 Å². The molecule has 2 rings (SSSR count). The number of nitrogens with one attached hydrogen (secondary N) is 1. The van der Waals surface area contributed by atoms with Gasteiger partial charge in [0.1, 0.15) is 12.2 Å². The molecule has 0 atom stereocenters. The van der Waals surface area contributed by atoms with E-state index < -0.39 is 0 Å². The molecule has 0 radical (unpaired) electrons. The van der Waals surface area contributed by atoms with Crippen LogP contribution in [-0.2, 0) is 13.1 Å². The van der Waals surface area contributed by atoms with Crippen molar-refractivity contribution < 1.29 is 4.92 Å². The minimum absolute atomic E-state index is 0.106. The van der Waals surface area contributed by atoms with Gasteiger partial charge in [-0.05, 0) is 19.4 Å². The van der Waals surface area contributed by atoms with Gasteiger partial charge in [-0.25, -0.2) is 9.67 Å². The third kappa shape index (κ3) is 3.39. The maximum Gasteiger partial charge on any atom is 0.269 e. The van der Waals surface area contributed by atoms with Crippen molar-refractivity contribution in [2.24, 2.45) is 0 Å². The van der Waals surface area contributed by atoms with Crippen LogP contribution in [0.5, 0.6) is 0 Å². The maximum absolute atomic E-state index is 10.7. The van der Waals surface area contributed by atoms with Gasteiger partial charge in [0.05, 0.1) is 11.5 Å². The molecule has 0 amide bonds. The van der Waals surface area contributed by atoms with E-state index in [2.05, 4.69) is 15.4 Å². The number of hydrogen-bond donors (Lipinski definition) is 1. The third-order valence-electron chi connectivity index (χ3n) is 2.87. The minimum Gasteiger partial charge on any atom is -0.306 e. The van der Waals surface area contributed by atoms with E-state index in [9.17, 15) is 10.1 Å². The summed E-state index contributed by atoms with van der Waals surface area (Å²) in [5.41, 5.74) is 0.976. The van der Waals surface area contributed by atoms with Crippen LogP contribution in [0.1, 0.15) is 31.3 Å². The summed E-state index contributed by atoms with van der Waals surface area (Å²) in [6.45, 7) is 5.20. The largest absolute Gasteiger partial charge is 0.306 e. The van der Waals surface area contributed by atoms with Crippen LogP contribution >= 0.6 is 0 Å². The van der Waals surface area contributed by atoms with Gasteiger partial charge in [0.15, 0.2) is 0 Å². The highest BCUT2D eigenvalue weighted by molar-refractivity contribution is 5.34. The van der Waals surface area contributed by atoms with Gasteiger partial charge in [-0.3, -0.25) is 10.1 Å². The number of non-ortho nitro benzene ring substituents is 1. The molecule has 0 spiro atoms. The molecule has 0 aliphatic carbocycles. The van der Waals surface area contributed by atoms with E-state index in [0.29, 0.717) is 13.1 Å². The molecule has 1 aromatic carbocycles. The zero-order chi connectivity index (χ0) is 14.5. The summed E-state index contributed by atoms with van der Waals surface area (Å²) in [7, 11) is 0. The Morgan fingerprint density at radius 1 is 1.40 bits per heavy atom. The predicted molar refractivity (Wildman–Crippen MR) is 74.0 cm³/mol. The Kier molecular flexibility index (Phi) is 4.41. The summed E-state index contributed by atoms with van der Waals surface area (Å²) in [4.78, 5) is 14.5. The van der Waals surface area contributed by atoms with E-state index in [-0.39, 0.29) is 16.7 Å². The van der Waals surface area contributed by atoms with Crippen molar-refractivity contribution >= 4 is 5.69 Å². The van der Waals surface area contributed by atoms with Gasteiger partial charge < -0.3 is 5.32 Å². The molecule has 0 unspecified atom stereocenters. The smallest absolute Gasteiger partial charge is 0.269 e. The topological polar surface area (TPSA) is 85.9 Å². The lowest BCUT2D eigenvalue weighted by molar-refractivity contribution is -0.384. The van der Waals surface area contributed by atoms with Gasteiger partial charge >= 0.3 is 0 Å². The Bertz CT molecular complexity index is 594. The van der Waals surface area contributed by atoms with E-state index in [1.165, 1.54) is 12.4 Å². The van der Waals surface area contributed by atoms with Gasteiger partial charge in [-0.2, -0.15) is 5.10 Å². The van der Waals surface area contributed by atoms with Crippen LogP contribution < -0.4 is 5.32 Å². The van der Waals surface area contributed by atoms with E-state index in [1.807, 2.05) is 24.6 Å². The van der Waals surface area contributed by atoms with Crippen LogP contribution in [0, 0.1) is 10.1 Å². The van der Waals surface area contributed by atoms with Gasteiger partial charge in [0.25, 0.3) is 5.69 Å². The van der Waals surface area contributed by atoms with E-state index in [4.69, 9.17) is 0 Å². The average molecular weight is 275 g/mol. The number of aromatic nitrogens is 3. The van der Waals surface area contributed by atoms with E-state index in [1.54, 1.807) is 12.1 Å². The Labute approximate surface area is 116 Å². The molecule has 0 aliphatic rings. The second kappa shape index (κ2) is 6.25. The molecule has 0 fully saturated rings. The van der Waals surface area contributed by atoms with Crippen molar-refractivity contribution in [3.63, 3.8) is 0 Å². The standard InChI is InChI=1S/C13H17N5O2/c1-10(2)17-13(15-9-16-17)8-14-7-11-4-3-5-12(6-11)18(19)20/h3-6,9-10,14H,7-8H2,1-2H3. The molecule has 1 heterocycles. The Balaban J connectivity index is 1.94. The van der Waals surface area contributed by atoms with Crippen LogP contribution in [0.25, 0.3) is 0 Å². The summed E-state index contributed by atoms with van der Waals surface area (Å²) in [5.74, 6) is 0.852. The molecule has 2 aromatic rings. The lowest BCUT2D eigenvalue weighted by Gasteiger charge is -2.10. The van der Waals surface area contributed by atoms with Gasteiger partial charge in [-0.1, -0.05) is 12.1 Å². The highest BCUT2D eigenvalue weighted by Crippen LogP contribution is 2.13. The highest BCUT2D eigenvalue weighted by Gasteiger charge is 2.08. The molecule has 1 aromatic heterocycles. The lowest BCUT2D eigenvalue weighted by atomic mass is 10.2. The summed E-state index contributed by atoms with van der Waals surface area (Å²) < 4.78 is 1.85. The molecule has 0 bridgehead atoms. The fourth-order valence-corrected chi connectivity index (χ4v) is 1.93. The number of benzene rings is 1. The number of hydrogen-bond acceptors (Lipinski definition) is 5. The first-order valence-corrected chi connectivity index (χ1v) is 6.40. The average Bonchev–Trinajstić information content (AvgIpc) is 2.87. The van der Waals surface area contributed by atoms with Crippen molar-refractivity contribution in [3.05, 3.63) is 52.1 Å². The fourth-order valence-electron chi connectivity index (χ4n) is 1.93. The van der Waals surface area contributed by atoms with Crippen LogP contribution in [0.2, 0.25) is 0 Å². The Hall–Kier alpha value is -2.28. The van der Waals surface area contributed by atoms with Gasteiger partial charge in [0, 0.05) is 24.7 Å². The van der Waals surface area contributed by atoms with Gasteiger partial charge in [0.2, 0.25) is 0 Å². The first-order chi connectivity index (χ1) is 9.58. The zero-order valence-corrected chi connectivity index (χ0v) is 11.5. The van der Waals surface area contributed by atoms with Crippen LogP contribution in [-0.4, -0.2) is 19.7 Å². The third-order valence-corrected chi connectivity index (χ3v) is 2.87. The van der Waals surface area contributed by atoms with Crippen LogP contribution in [0.15, 0.2) is 30.6 Å². The van der Waals surface area contributed by atoms with E-state index >= 15 is 0 Å². The fraction of sp³-hybridized carbons (Fsp3) is 0.385. The molecule has 0 saturated carbocycles. The summed E-state index contributed by atoms with van der Waals surface area (Å²) in [6.07, 6.45) is 1.53. The first-order valence-electron chi connectivity index (χ1n) is 6.40. The second-order valence-electron chi connectivity index (χ2n) is 4.75. The number of rotatable bonds is 6. The molecular weight excluding hydrogens is 258 g/mol. The second-order valence-corrected chi connectivity index (χ2v) is 4.75. The number of nitrogens with zero attached hydrogens (tertiary/aromatic N) is 4. The first kappa shape index (κ1) is 14.1. The van der Waals surface area contributed by atoms with Crippen LogP contribution in [0.3, 0.4) is 0 Å². The Morgan fingerprint density at radius 3 is 2.90 bits per heavy atom. The predicted octanol–water partition coefficient (Wildman–Crippen LogP) is 2.06. The zero-order valence-electron chi connectivity index (χ0n) is 11.5. The lowest BCUT2D eigenvalue weighted by Crippen LogP contribution is -2.18. The maximum atomic E-state index is 10.7. The SMILES string of the molecule is CC(C)n1ncnc1CNCc1cccc([N+](=O)[O-])c1. The monoisotopic (exact) mass is 275 g/mol. The number of nitro groups is 1. The van der Waals surface area contributed by atoms with Gasteiger partial charge in [-0.15, -0.1) is 0 Å². The van der Waals surface area contributed by atoms with Crippen molar-refractivity contribution in [1.29, 1.82) is 0 Å². The van der Waals surface area contributed by atoms with Crippen molar-refractivity contribution in [2.75, 3.05) is 0 Å².